The van der Waals surface area contributed by atoms with Crippen molar-refractivity contribution in [3.8, 4) is 0 Å². The van der Waals surface area contributed by atoms with Crippen LogP contribution in [0.3, 0.4) is 0 Å². The van der Waals surface area contributed by atoms with Crippen molar-refractivity contribution in [3.05, 3.63) is 48.6 Å². The van der Waals surface area contributed by atoms with Crippen LogP contribution in [0.25, 0.3) is 0 Å². The van der Waals surface area contributed by atoms with Gasteiger partial charge in [0.1, 0.15) is 23.8 Å². The largest absolute Gasteiger partial charge is 0.393 e. The van der Waals surface area contributed by atoms with E-state index in [1.165, 1.54) is 6.34 Å². The predicted molar refractivity (Wildman–Crippen MR) is 109 cm³/mol. The highest BCUT2D eigenvalue weighted by Crippen LogP contribution is 2.29. The molecular weight excluding hydrogens is 342 g/mol. The molecule has 0 saturated heterocycles. The summed E-state index contributed by atoms with van der Waals surface area (Å²) in [5.74, 6) is 1.67. The number of hydrogen-bond acceptors (Lipinski definition) is 5. The fourth-order valence-corrected chi connectivity index (χ4v) is 3.23. The summed E-state index contributed by atoms with van der Waals surface area (Å²) in [7, 11) is 0. The normalized spacial score (nSPS) is 28.7. The van der Waals surface area contributed by atoms with Crippen LogP contribution in [0.15, 0.2) is 68.7 Å². The minimum atomic E-state index is -0.295. The highest BCUT2D eigenvalue weighted by molar-refractivity contribution is 6.20. The zero-order valence-corrected chi connectivity index (χ0v) is 15.5. The summed E-state index contributed by atoms with van der Waals surface area (Å²) in [6.07, 6.45) is 9.45. The van der Waals surface area contributed by atoms with E-state index in [2.05, 4.69) is 33.5 Å². The van der Waals surface area contributed by atoms with Gasteiger partial charge >= 0.3 is 0 Å². The van der Waals surface area contributed by atoms with Crippen LogP contribution < -0.4 is 11.1 Å². The van der Waals surface area contributed by atoms with Crippen molar-refractivity contribution < 1.29 is 5.11 Å². The Bertz CT molecular complexity index is 816. The van der Waals surface area contributed by atoms with E-state index in [4.69, 9.17) is 10.8 Å². The van der Waals surface area contributed by atoms with E-state index in [0.717, 1.165) is 35.7 Å². The topological polar surface area (TPSA) is 111 Å². The minimum Gasteiger partial charge on any atom is -0.393 e. The van der Waals surface area contributed by atoms with Crippen molar-refractivity contribution in [3.63, 3.8) is 0 Å². The van der Waals surface area contributed by atoms with E-state index in [-0.39, 0.29) is 18.0 Å². The van der Waals surface area contributed by atoms with E-state index in [1.807, 2.05) is 24.1 Å². The first kappa shape index (κ1) is 18.8. The Morgan fingerprint density at radius 1 is 1.44 bits per heavy atom. The van der Waals surface area contributed by atoms with Gasteiger partial charge in [-0.05, 0) is 32.3 Å². The number of hydrazone groups is 1. The van der Waals surface area contributed by atoms with Gasteiger partial charge in [0.2, 0.25) is 0 Å². The molecule has 8 nitrogen and oxygen atoms in total. The molecule has 27 heavy (non-hydrogen) atoms. The first-order valence-corrected chi connectivity index (χ1v) is 8.93. The number of hydrogen-bond donors (Lipinski definition) is 3. The van der Waals surface area contributed by atoms with Gasteiger partial charge < -0.3 is 16.2 Å². The zero-order valence-electron chi connectivity index (χ0n) is 15.5. The predicted octanol–water partition coefficient (Wildman–Crippen LogP) is 1.79. The van der Waals surface area contributed by atoms with Gasteiger partial charge in [0.15, 0.2) is 0 Å². The van der Waals surface area contributed by atoms with Gasteiger partial charge in [-0.15, -0.1) is 0 Å². The van der Waals surface area contributed by atoms with Crippen LogP contribution in [-0.4, -0.2) is 46.0 Å². The molecule has 142 valence electrons. The summed E-state index contributed by atoms with van der Waals surface area (Å²) in [6.45, 7) is 9.46. The lowest BCUT2D eigenvalue weighted by atomic mass is 10.2. The highest BCUT2D eigenvalue weighted by Gasteiger charge is 2.35. The van der Waals surface area contributed by atoms with E-state index in [9.17, 15) is 5.11 Å². The third kappa shape index (κ3) is 4.40. The molecule has 2 unspecified atom stereocenters. The van der Waals surface area contributed by atoms with Crippen molar-refractivity contribution in [2.24, 2.45) is 25.8 Å². The average Bonchev–Trinajstić information content (AvgIpc) is 3.31. The van der Waals surface area contributed by atoms with Crippen molar-refractivity contribution in [2.45, 2.75) is 44.8 Å². The summed E-state index contributed by atoms with van der Waals surface area (Å²) < 4.78 is 0. The molecule has 3 rings (SSSR count). The van der Waals surface area contributed by atoms with Crippen LogP contribution >= 0.6 is 0 Å². The Morgan fingerprint density at radius 2 is 2.26 bits per heavy atom. The lowest BCUT2D eigenvalue weighted by molar-refractivity contribution is 0.172. The second-order valence-corrected chi connectivity index (χ2v) is 6.64. The Morgan fingerprint density at radius 3 is 2.93 bits per heavy atom. The minimum absolute atomic E-state index is 0.118. The molecule has 1 saturated carbocycles. The second kappa shape index (κ2) is 8.13. The average molecular weight is 367 g/mol. The van der Waals surface area contributed by atoms with Gasteiger partial charge in [-0.2, -0.15) is 5.10 Å². The molecule has 8 heteroatoms. The summed E-state index contributed by atoms with van der Waals surface area (Å²) in [5.41, 5.74) is 7.98. The molecule has 0 bridgehead atoms. The van der Waals surface area contributed by atoms with Crippen LogP contribution in [0.2, 0.25) is 0 Å². The molecule has 1 fully saturated rings. The van der Waals surface area contributed by atoms with Crippen LogP contribution in [0, 0.1) is 0 Å². The Hall–Kier alpha value is -3.00. The van der Waals surface area contributed by atoms with Gasteiger partial charge in [-0.3, -0.25) is 0 Å². The summed E-state index contributed by atoms with van der Waals surface area (Å²) in [4.78, 5) is 12.7. The third-order valence-electron chi connectivity index (χ3n) is 4.51. The standard InChI is InChI=1S/C19H25N7O/c1-4-7-21-19-12(2)8-16(24-19)17-10-18(23-11-22-13(3)20)26(25-17)14-5-6-15(27)9-14/h4,7-8,11,14-15,27H,2-3,5-6,9-10,20H2,1H3,(H,21,24)/b7-4-,22-11?,23-18?. The van der Waals surface area contributed by atoms with Gasteiger partial charge in [-0.1, -0.05) is 19.2 Å². The maximum Gasteiger partial charge on any atom is 0.137 e. The van der Waals surface area contributed by atoms with E-state index >= 15 is 0 Å². The monoisotopic (exact) mass is 367 g/mol. The molecule has 0 aromatic rings. The molecule has 0 radical (unpaired) electrons. The Kier molecular flexibility index (Phi) is 5.66. The molecular formula is C19H25N7O. The highest BCUT2D eigenvalue weighted by atomic mass is 16.3. The van der Waals surface area contributed by atoms with Gasteiger partial charge in [-0.25, -0.2) is 20.0 Å². The molecule has 2 aliphatic heterocycles. The Labute approximate surface area is 159 Å². The van der Waals surface area contributed by atoms with E-state index in [0.29, 0.717) is 18.7 Å². The number of aliphatic hydroxyl groups excluding tert-OH is 1. The smallest absolute Gasteiger partial charge is 0.137 e. The molecule has 2 atom stereocenters. The summed E-state index contributed by atoms with van der Waals surface area (Å²) >= 11 is 0. The van der Waals surface area contributed by atoms with Gasteiger partial charge in [0.25, 0.3) is 0 Å². The lowest BCUT2D eigenvalue weighted by Gasteiger charge is -2.22. The number of aliphatic hydroxyl groups is 1. The van der Waals surface area contributed by atoms with Gasteiger partial charge in [0.05, 0.1) is 30.0 Å². The van der Waals surface area contributed by atoms with E-state index < -0.39 is 0 Å². The van der Waals surface area contributed by atoms with Crippen LogP contribution in [0.4, 0.5) is 0 Å². The molecule has 4 N–H and O–H groups in total. The fraction of sp³-hybridized carbons (Fsp3) is 0.368. The van der Waals surface area contributed by atoms with Crippen molar-refractivity contribution >= 4 is 23.7 Å². The summed E-state index contributed by atoms with van der Waals surface area (Å²) in [5, 5.41) is 19.8. The number of nitrogens with zero attached hydrogens (tertiary/aromatic N) is 5. The zero-order chi connectivity index (χ0) is 19.4. The first-order chi connectivity index (χ1) is 13.0. The molecule has 1 aliphatic carbocycles. The van der Waals surface area contributed by atoms with Gasteiger partial charge in [0, 0.05) is 11.8 Å². The molecule has 0 amide bonds. The van der Waals surface area contributed by atoms with Crippen LogP contribution in [0.1, 0.15) is 32.6 Å². The molecule has 3 aliphatic rings. The maximum absolute atomic E-state index is 9.90. The van der Waals surface area contributed by atoms with Crippen LogP contribution in [0.5, 0.6) is 0 Å². The number of amidine groups is 2. The third-order valence-corrected chi connectivity index (χ3v) is 4.51. The lowest BCUT2D eigenvalue weighted by Crippen LogP contribution is -2.31. The van der Waals surface area contributed by atoms with Crippen molar-refractivity contribution in [1.29, 1.82) is 0 Å². The van der Waals surface area contributed by atoms with Crippen molar-refractivity contribution in [1.82, 2.24) is 10.3 Å². The quantitative estimate of drug-likeness (QED) is 0.508. The number of allylic oxidation sites excluding steroid dienone is 2. The number of aliphatic imine (C=N–C) groups is 3. The first-order valence-electron chi connectivity index (χ1n) is 8.93. The molecule has 2 heterocycles. The number of rotatable bonds is 5. The summed E-state index contributed by atoms with van der Waals surface area (Å²) in [6, 6.07) is 0.118. The van der Waals surface area contributed by atoms with Crippen molar-refractivity contribution in [2.75, 3.05) is 0 Å². The molecule has 0 aromatic heterocycles. The second-order valence-electron chi connectivity index (χ2n) is 6.64. The van der Waals surface area contributed by atoms with E-state index in [1.54, 1.807) is 6.20 Å². The SMILES string of the molecule is C=C(N)N=CN=C1CC(C2=CC(=C)C(=N/C=C\C)N2)=NN1C1CCC(O)C1. The molecule has 0 spiro atoms. The fourth-order valence-electron chi connectivity index (χ4n) is 3.23. The molecule has 0 aromatic carbocycles. The number of nitrogens with one attached hydrogen (secondary N) is 1. The maximum atomic E-state index is 9.90. The van der Waals surface area contributed by atoms with Crippen LogP contribution in [-0.2, 0) is 0 Å². The number of nitrogens with two attached hydrogens (primary N) is 1. The Balaban J connectivity index is 1.83.